The van der Waals surface area contributed by atoms with E-state index in [9.17, 15) is 0 Å². The zero-order valence-electron chi connectivity index (χ0n) is 12.7. The molecule has 1 aromatic carbocycles. The highest BCUT2D eigenvalue weighted by molar-refractivity contribution is 6.31. The van der Waals surface area contributed by atoms with Crippen LogP contribution in [0.25, 0.3) is 0 Å². The fourth-order valence-corrected chi connectivity index (χ4v) is 2.41. The van der Waals surface area contributed by atoms with Gasteiger partial charge in [-0.15, -0.1) is 0 Å². The average molecular weight is 283 g/mol. The summed E-state index contributed by atoms with van der Waals surface area (Å²) in [4.78, 5) is 2.44. The Morgan fingerprint density at radius 1 is 1.26 bits per heavy atom. The van der Waals surface area contributed by atoms with E-state index in [1.807, 2.05) is 12.1 Å². The SMILES string of the molecule is CCNCc1c(Cl)cccc1N(CC)CC(C)CC. The monoisotopic (exact) mass is 282 g/mol. The van der Waals surface area contributed by atoms with Crippen LogP contribution in [-0.2, 0) is 6.54 Å². The summed E-state index contributed by atoms with van der Waals surface area (Å²) in [5.41, 5.74) is 2.49. The van der Waals surface area contributed by atoms with Crippen LogP contribution in [0.5, 0.6) is 0 Å². The fourth-order valence-electron chi connectivity index (χ4n) is 2.17. The van der Waals surface area contributed by atoms with E-state index in [1.165, 1.54) is 17.7 Å². The third kappa shape index (κ3) is 4.70. The molecule has 0 aliphatic rings. The predicted molar refractivity (Wildman–Crippen MR) is 86.2 cm³/mol. The van der Waals surface area contributed by atoms with Crippen LogP contribution in [-0.4, -0.2) is 19.6 Å². The number of halogens is 1. The first-order valence-corrected chi connectivity index (χ1v) is 7.74. The maximum absolute atomic E-state index is 6.37. The molecule has 0 spiro atoms. The summed E-state index contributed by atoms with van der Waals surface area (Å²) in [7, 11) is 0. The Kier molecular flexibility index (Phi) is 7.25. The van der Waals surface area contributed by atoms with Crippen molar-refractivity contribution in [1.29, 1.82) is 0 Å². The summed E-state index contributed by atoms with van der Waals surface area (Å²) in [6.07, 6.45) is 1.21. The van der Waals surface area contributed by atoms with Crippen LogP contribution >= 0.6 is 11.6 Å². The molecule has 0 saturated heterocycles. The predicted octanol–water partition coefficient (Wildman–Crippen LogP) is 4.32. The van der Waals surface area contributed by atoms with Gasteiger partial charge in [-0.2, -0.15) is 0 Å². The van der Waals surface area contributed by atoms with Crippen LogP contribution in [0.3, 0.4) is 0 Å². The van der Waals surface area contributed by atoms with Gasteiger partial charge in [0.15, 0.2) is 0 Å². The molecule has 0 bridgehead atoms. The second kappa shape index (κ2) is 8.44. The first-order chi connectivity index (χ1) is 9.13. The minimum atomic E-state index is 0.700. The number of rotatable bonds is 8. The van der Waals surface area contributed by atoms with Gasteiger partial charge in [0.1, 0.15) is 0 Å². The van der Waals surface area contributed by atoms with E-state index in [0.717, 1.165) is 31.2 Å². The second-order valence-corrected chi connectivity index (χ2v) is 5.48. The zero-order valence-corrected chi connectivity index (χ0v) is 13.4. The number of benzene rings is 1. The molecule has 1 atom stereocenters. The van der Waals surface area contributed by atoms with Crippen molar-refractivity contribution in [2.45, 2.75) is 40.7 Å². The van der Waals surface area contributed by atoms with E-state index >= 15 is 0 Å². The number of hydrogen-bond donors (Lipinski definition) is 1. The Hall–Kier alpha value is -0.730. The highest BCUT2D eigenvalue weighted by Gasteiger charge is 2.14. The molecular weight excluding hydrogens is 256 g/mol. The molecule has 1 rings (SSSR count). The van der Waals surface area contributed by atoms with E-state index in [-0.39, 0.29) is 0 Å². The lowest BCUT2D eigenvalue weighted by Gasteiger charge is -2.29. The van der Waals surface area contributed by atoms with Crippen LogP contribution in [0.15, 0.2) is 18.2 Å². The summed E-state index contributed by atoms with van der Waals surface area (Å²) in [6.45, 7) is 12.8. The molecule has 0 radical (unpaired) electrons. The standard InChI is InChI=1S/C16H27ClN2/c1-5-13(4)12-19(7-3)16-10-8-9-15(17)14(16)11-18-6-2/h8-10,13,18H,5-7,11-12H2,1-4H3. The molecule has 0 amide bonds. The zero-order chi connectivity index (χ0) is 14.3. The summed E-state index contributed by atoms with van der Waals surface area (Å²) in [6, 6.07) is 6.21. The first-order valence-electron chi connectivity index (χ1n) is 7.36. The normalized spacial score (nSPS) is 12.5. The molecular formula is C16H27ClN2. The first kappa shape index (κ1) is 16.3. The lowest BCUT2D eigenvalue weighted by atomic mass is 10.1. The van der Waals surface area contributed by atoms with Gasteiger partial charge in [0.2, 0.25) is 0 Å². The Labute approximate surface area is 123 Å². The quantitative estimate of drug-likeness (QED) is 0.764. The molecule has 19 heavy (non-hydrogen) atoms. The van der Waals surface area contributed by atoms with E-state index in [4.69, 9.17) is 11.6 Å². The van der Waals surface area contributed by atoms with Gasteiger partial charge in [-0.05, 0) is 31.5 Å². The molecule has 2 nitrogen and oxygen atoms in total. The van der Waals surface area contributed by atoms with E-state index in [0.29, 0.717) is 5.92 Å². The summed E-state index contributed by atoms with van der Waals surface area (Å²) >= 11 is 6.37. The van der Waals surface area contributed by atoms with Crippen LogP contribution in [0.2, 0.25) is 5.02 Å². The molecule has 108 valence electrons. The van der Waals surface area contributed by atoms with Crippen molar-refractivity contribution < 1.29 is 0 Å². The largest absolute Gasteiger partial charge is 0.371 e. The number of nitrogens with one attached hydrogen (secondary N) is 1. The van der Waals surface area contributed by atoms with Gasteiger partial charge >= 0.3 is 0 Å². The third-order valence-corrected chi connectivity index (χ3v) is 3.95. The molecule has 1 unspecified atom stereocenters. The third-order valence-electron chi connectivity index (χ3n) is 3.60. The van der Waals surface area contributed by atoms with Crippen molar-refractivity contribution >= 4 is 17.3 Å². The van der Waals surface area contributed by atoms with Crippen LogP contribution < -0.4 is 10.2 Å². The van der Waals surface area contributed by atoms with Gasteiger partial charge < -0.3 is 10.2 Å². The Balaban J connectivity index is 2.98. The van der Waals surface area contributed by atoms with Gasteiger partial charge in [0, 0.05) is 35.9 Å². The highest BCUT2D eigenvalue weighted by atomic mass is 35.5. The van der Waals surface area contributed by atoms with Gasteiger partial charge in [-0.1, -0.05) is 44.9 Å². The van der Waals surface area contributed by atoms with Crippen molar-refractivity contribution in [2.24, 2.45) is 5.92 Å². The van der Waals surface area contributed by atoms with Crippen molar-refractivity contribution in [3.05, 3.63) is 28.8 Å². The molecule has 3 heteroatoms. The Morgan fingerprint density at radius 3 is 2.58 bits per heavy atom. The Morgan fingerprint density at radius 2 is 2.00 bits per heavy atom. The number of hydrogen-bond acceptors (Lipinski definition) is 2. The average Bonchev–Trinajstić information content (AvgIpc) is 2.43. The molecule has 0 heterocycles. The number of anilines is 1. The van der Waals surface area contributed by atoms with Gasteiger partial charge in [-0.3, -0.25) is 0 Å². The molecule has 1 aromatic rings. The maximum atomic E-state index is 6.37. The Bertz CT molecular complexity index is 379. The molecule has 0 saturated carbocycles. The fraction of sp³-hybridized carbons (Fsp3) is 0.625. The number of nitrogens with zero attached hydrogens (tertiary/aromatic N) is 1. The lowest BCUT2D eigenvalue weighted by molar-refractivity contribution is 0.546. The van der Waals surface area contributed by atoms with E-state index < -0.39 is 0 Å². The maximum Gasteiger partial charge on any atom is 0.0471 e. The van der Waals surface area contributed by atoms with Crippen LogP contribution in [0.1, 0.15) is 39.7 Å². The van der Waals surface area contributed by atoms with Crippen molar-refractivity contribution in [3.8, 4) is 0 Å². The van der Waals surface area contributed by atoms with Gasteiger partial charge in [-0.25, -0.2) is 0 Å². The molecule has 0 fully saturated rings. The topological polar surface area (TPSA) is 15.3 Å². The van der Waals surface area contributed by atoms with Crippen molar-refractivity contribution in [2.75, 3.05) is 24.5 Å². The lowest BCUT2D eigenvalue weighted by Crippen LogP contribution is -2.29. The van der Waals surface area contributed by atoms with Crippen molar-refractivity contribution in [1.82, 2.24) is 5.32 Å². The summed E-state index contributed by atoms with van der Waals surface area (Å²) in [5.74, 6) is 0.700. The minimum absolute atomic E-state index is 0.700. The molecule has 0 aromatic heterocycles. The van der Waals surface area contributed by atoms with Crippen molar-refractivity contribution in [3.63, 3.8) is 0 Å². The smallest absolute Gasteiger partial charge is 0.0471 e. The van der Waals surface area contributed by atoms with Gasteiger partial charge in [0.25, 0.3) is 0 Å². The van der Waals surface area contributed by atoms with Crippen LogP contribution in [0, 0.1) is 5.92 Å². The molecule has 0 aliphatic heterocycles. The van der Waals surface area contributed by atoms with E-state index in [2.05, 4.69) is 44.0 Å². The van der Waals surface area contributed by atoms with Crippen LogP contribution in [0.4, 0.5) is 5.69 Å². The van der Waals surface area contributed by atoms with Gasteiger partial charge in [0.05, 0.1) is 0 Å². The molecule has 0 aliphatic carbocycles. The second-order valence-electron chi connectivity index (χ2n) is 5.07. The minimum Gasteiger partial charge on any atom is -0.371 e. The summed E-state index contributed by atoms with van der Waals surface area (Å²) in [5, 5.41) is 4.24. The summed E-state index contributed by atoms with van der Waals surface area (Å²) < 4.78 is 0. The van der Waals surface area contributed by atoms with E-state index in [1.54, 1.807) is 0 Å². The highest BCUT2D eigenvalue weighted by Crippen LogP contribution is 2.28. The molecule has 1 N–H and O–H groups in total.